The lowest BCUT2D eigenvalue weighted by Crippen LogP contribution is -2.45. The van der Waals surface area contributed by atoms with Crippen LogP contribution in [0.1, 0.15) is 36.6 Å². The number of carbonyl (C=O) groups excluding carboxylic acids is 3. The van der Waals surface area contributed by atoms with Crippen LogP contribution in [-0.2, 0) is 40.5 Å². The number of hydrogen-bond donors (Lipinski definition) is 1. The molecular weight excluding hydrogens is 448 g/mol. The van der Waals surface area contributed by atoms with Gasteiger partial charge in [-0.1, -0.05) is 17.7 Å². The summed E-state index contributed by atoms with van der Waals surface area (Å²) in [6.07, 6.45) is 0.847. The number of piperidine rings is 1. The third-order valence-corrected chi connectivity index (χ3v) is 7.34. The molecule has 2 aromatic rings. The summed E-state index contributed by atoms with van der Waals surface area (Å²) in [6.45, 7) is 4.50. The number of benzene rings is 1. The number of carbonyl (C=O) groups is 3. The Labute approximate surface area is 191 Å². The summed E-state index contributed by atoms with van der Waals surface area (Å²) < 4.78 is 30.7. The van der Waals surface area contributed by atoms with Crippen molar-refractivity contribution in [2.75, 3.05) is 25.0 Å². The van der Waals surface area contributed by atoms with E-state index in [1.165, 1.54) is 9.58 Å². The average molecular weight is 475 g/mol. The predicted octanol–water partition coefficient (Wildman–Crippen LogP) is 1.35. The fourth-order valence-corrected chi connectivity index (χ4v) is 5.62. The Hall–Kier alpha value is -3.21. The molecule has 1 aromatic heterocycles. The lowest BCUT2D eigenvalue weighted by Gasteiger charge is -2.30. The third-order valence-electron chi connectivity index (χ3n) is 5.89. The van der Waals surface area contributed by atoms with Crippen molar-refractivity contribution in [1.29, 1.82) is 0 Å². The molecule has 0 unspecified atom stereocenters. The highest BCUT2D eigenvalue weighted by Crippen LogP contribution is 2.33. The van der Waals surface area contributed by atoms with Crippen LogP contribution in [0, 0.1) is 12.8 Å². The van der Waals surface area contributed by atoms with E-state index < -0.39 is 21.7 Å². The number of amides is 2. The molecule has 2 aliphatic heterocycles. The van der Waals surface area contributed by atoms with Gasteiger partial charge in [0.25, 0.3) is 0 Å². The van der Waals surface area contributed by atoms with Crippen LogP contribution >= 0.6 is 0 Å². The summed E-state index contributed by atoms with van der Waals surface area (Å²) in [5.74, 6) is -2.44. The summed E-state index contributed by atoms with van der Waals surface area (Å²) in [4.78, 5) is 38.9. The maximum atomic E-state index is 12.8. The van der Waals surface area contributed by atoms with Crippen molar-refractivity contribution in [3.63, 3.8) is 0 Å². The van der Waals surface area contributed by atoms with Gasteiger partial charge in [0.1, 0.15) is 5.82 Å². The zero-order valence-corrected chi connectivity index (χ0v) is 19.4. The van der Waals surface area contributed by atoms with Crippen LogP contribution in [0.3, 0.4) is 0 Å². The highest BCUT2D eigenvalue weighted by Gasteiger charge is 2.35. The summed E-state index contributed by atoms with van der Waals surface area (Å²) >= 11 is 0. The van der Waals surface area contributed by atoms with Crippen LogP contribution in [0.4, 0.5) is 5.82 Å². The number of sulfone groups is 1. The summed E-state index contributed by atoms with van der Waals surface area (Å²) in [7, 11) is -3.35. The number of aryl methyl sites for hydroxylation is 1. The van der Waals surface area contributed by atoms with Crippen LogP contribution in [-0.4, -0.2) is 60.6 Å². The smallest absolute Gasteiger partial charge is 0.315 e. The van der Waals surface area contributed by atoms with Crippen LogP contribution in [0.5, 0.6) is 0 Å². The Morgan fingerprint density at radius 2 is 1.79 bits per heavy atom. The van der Waals surface area contributed by atoms with Gasteiger partial charge in [-0.3, -0.25) is 14.4 Å². The third kappa shape index (κ3) is 4.77. The molecule has 176 valence electrons. The molecule has 0 bridgehead atoms. The molecule has 11 heteroatoms. The molecule has 10 nitrogen and oxygen atoms in total. The number of rotatable bonds is 4. The van der Waals surface area contributed by atoms with Crippen LogP contribution in [0.2, 0.25) is 0 Å². The van der Waals surface area contributed by atoms with E-state index in [9.17, 15) is 22.8 Å². The number of esters is 1. The Morgan fingerprint density at radius 1 is 1.12 bits per heavy atom. The van der Waals surface area contributed by atoms with Crippen LogP contribution in [0.25, 0.3) is 5.69 Å². The van der Waals surface area contributed by atoms with E-state index >= 15 is 0 Å². The van der Waals surface area contributed by atoms with Gasteiger partial charge in [0.15, 0.2) is 9.84 Å². The van der Waals surface area contributed by atoms with Gasteiger partial charge < -0.3 is 15.0 Å². The zero-order chi connectivity index (χ0) is 23.8. The van der Waals surface area contributed by atoms with Gasteiger partial charge in [-0.2, -0.15) is 5.10 Å². The number of nitrogens with zero attached hydrogens (tertiary/aromatic N) is 3. The van der Waals surface area contributed by atoms with E-state index in [4.69, 9.17) is 4.74 Å². The maximum Gasteiger partial charge on any atom is 0.315 e. The van der Waals surface area contributed by atoms with Crippen molar-refractivity contribution < 1.29 is 27.5 Å². The minimum Gasteiger partial charge on any atom is -0.466 e. The Morgan fingerprint density at radius 3 is 2.42 bits per heavy atom. The normalized spacial score (nSPS) is 17.5. The molecule has 1 aromatic carbocycles. The van der Waals surface area contributed by atoms with Crippen molar-refractivity contribution in [2.24, 2.45) is 5.92 Å². The molecule has 2 aliphatic rings. The van der Waals surface area contributed by atoms with Gasteiger partial charge in [-0.15, -0.1) is 0 Å². The van der Waals surface area contributed by atoms with Crippen molar-refractivity contribution >= 4 is 33.4 Å². The quantitative estimate of drug-likeness (QED) is 0.523. The van der Waals surface area contributed by atoms with Gasteiger partial charge in [-0.25, -0.2) is 13.1 Å². The fourth-order valence-electron chi connectivity index (χ4n) is 4.13. The van der Waals surface area contributed by atoms with Gasteiger partial charge in [0, 0.05) is 18.7 Å². The van der Waals surface area contributed by atoms with E-state index in [2.05, 4.69) is 10.4 Å². The molecule has 1 saturated heterocycles. The van der Waals surface area contributed by atoms with Crippen LogP contribution < -0.4 is 5.32 Å². The minimum atomic E-state index is -3.35. The molecule has 0 spiro atoms. The molecule has 33 heavy (non-hydrogen) atoms. The second-order valence-electron chi connectivity index (χ2n) is 8.33. The lowest BCUT2D eigenvalue weighted by molar-refractivity contribution is -0.152. The number of aromatic nitrogens is 2. The number of nitrogens with one attached hydrogen (secondary N) is 1. The second kappa shape index (κ2) is 8.97. The fraction of sp³-hybridized carbons (Fsp3) is 0.455. The van der Waals surface area contributed by atoms with Gasteiger partial charge in [-0.05, 0) is 38.8 Å². The van der Waals surface area contributed by atoms with Crippen molar-refractivity contribution in [1.82, 2.24) is 14.7 Å². The molecule has 4 rings (SSSR count). The Kier molecular flexibility index (Phi) is 6.24. The van der Waals surface area contributed by atoms with Gasteiger partial charge >= 0.3 is 17.8 Å². The molecule has 0 atom stereocenters. The molecule has 1 N–H and O–H groups in total. The molecule has 2 amide bonds. The van der Waals surface area contributed by atoms with Crippen molar-refractivity contribution in [2.45, 2.75) is 38.2 Å². The topological polar surface area (TPSA) is 128 Å². The Bertz CT molecular complexity index is 1190. The van der Waals surface area contributed by atoms with E-state index in [0.29, 0.717) is 36.4 Å². The first-order valence-electron chi connectivity index (χ1n) is 10.8. The van der Waals surface area contributed by atoms with E-state index in [1.54, 1.807) is 6.92 Å². The predicted molar refractivity (Wildman–Crippen MR) is 119 cm³/mol. The number of hydrogen-bond acceptors (Lipinski definition) is 7. The first-order chi connectivity index (χ1) is 15.7. The van der Waals surface area contributed by atoms with Gasteiger partial charge in [0.2, 0.25) is 0 Å². The largest absolute Gasteiger partial charge is 0.466 e. The number of anilines is 1. The summed E-state index contributed by atoms with van der Waals surface area (Å²) in [5, 5.41) is 7.01. The number of fused-ring (bicyclic) bond motifs is 1. The van der Waals surface area contributed by atoms with E-state index in [-0.39, 0.29) is 42.3 Å². The summed E-state index contributed by atoms with van der Waals surface area (Å²) in [6, 6.07) is 7.37. The first-order valence-corrected chi connectivity index (χ1v) is 12.7. The average Bonchev–Trinajstić information content (AvgIpc) is 3.26. The molecule has 1 fully saturated rings. The van der Waals surface area contributed by atoms with E-state index in [0.717, 1.165) is 5.56 Å². The molecule has 3 heterocycles. The first kappa shape index (κ1) is 23.0. The molecule has 0 radical (unpaired) electrons. The molecular formula is C22H26N4O6S. The van der Waals surface area contributed by atoms with Crippen LogP contribution in [0.15, 0.2) is 24.3 Å². The van der Waals surface area contributed by atoms with Gasteiger partial charge in [0.05, 0.1) is 35.4 Å². The lowest BCUT2D eigenvalue weighted by atomic mass is 9.97. The molecule has 0 aliphatic carbocycles. The summed E-state index contributed by atoms with van der Waals surface area (Å²) in [5.41, 5.74) is 2.45. The Balaban J connectivity index is 1.52. The van der Waals surface area contributed by atoms with Crippen molar-refractivity contribution in [3.05, 3.63) is 41.1 Å². The minimum absolute atomic E-state index is 0.190. The standard InChI is InChI=1S/C22H26N4O6S/c1-3-32-22(29)15-8-10-25(11-9-15)21(28)20(27)23-19-17-12-33(30,31)13-18(17)24-26(19)16-6-4-14(2)5-7-16/h4-7,15H,3,8-13H2,1-2H3,(H,23,27). The number of ether oxygens (including phenoxy) is 1. The second-order valence-corrected chi connectivity index (χ2v) is 10.4. The van der Waals surface area contributed by atoms with Crippen molar-refractivity contribution in [3.8, 4) is 5.69 Å². The SMILES string of the molecule is CCOC(=O)C1CCN(C(=O)C(=O)Nc2c3c(nn2-c2ccc(C)cc2)CS(=O)(=O)C3)CC1. The highest BCUT2D eigenvalue weighted by molar-refractivity contribution is 7.90. The zero-order valence-electron chi connectivity index (χ0n) is 18.5. The highest BCUT2D eigenvalue weighted by atomic mass is 32.2. The maximum absolute atomic E-state index is 12.8. The monoisotopic (exact) mass is 474 g/mol. The number of likely N-dealkylation sites (tertiary alicyclic amines) is 1. The molecule has 0 saturated carbocycles. The van der Waals surface area contributed by atoms with E-state index in [1.807, 2.05) is 31.2 Å².